The Kier molecular flexibility index (Phi) is 3.92. The third-order valence-electron chi connectivity index (χ3n) is 2.71. The van der Waals surface area contributed by atoms with Crippen LogP contribution in [-0.4, -0.2) is 5.78 Å². The molecule has 100 valence electrons. The molecule has 0 aliphatic heterocycles. The highest BCUT2D eigenvalue weighted by Gasteiger charge is 2.09. The first-order valence-electron chi connectivity index (χ1n) is 5.79. The number of fused-ring (bicyclic) bond motifs is 1. The summed E-state index contributed by atoms with van der Waals surface area (Å²) >= 11 is 8.36. The van der Waals surface area contributed by atoms with Crippen LogP contribution < -0.4 is 0 Å². The van der Waals surface area contributed by atoms with Gasteiger partial charge in [0.25, 0.3) is 0 Å². The molecule has 0 atom stereocenters. The number of allylic oxidation sites excluding steroid dienone is 1. The van der Waals surface area contributed by atoms with Crippen molar-refractivity contribution in [2.75, 3.05) is 0 Å². The van der Waals surface area contributed by atoms with E-state index in [2.05, 4.69) is 31.9 Å². The molecule has 0 unspecified atom stereocenters. The Balaban J connectivity index is 1.87. The topological polar surface area (TPSA) is 30.2 Å². The zero-order chi connectivity index (χ0) is 14.1. The minimum absolute atomic E-state index is 0.137. The molecule has 5 heteroatoms. The van der Waals surface area contributed by atoms with Gasteiger partial charge in [-0.25, -0.2) is 0 Å². The molecule has 3 rings (SSSR count). The molecule has 0 bridgehead atoms. The Morgan fingerprint density at radius 1 is 1.15 bits per heavy atom. The summed E-state index contributed by atoms with van der Waals surface area (Å²) in [5.41, 5.74) is 0.712. The van der Waals surface area contributed by atoms with E-state index in [1.165, 1.54) is 6.08 Å². The van der Waals surface area contributed by atoms with Crippen LogP contribution in [0.2, 0.25) is 0 Å². The van der Waals surface area contributed by atoms with Gasteiger partial charge in [0.2, 0.25) is 5.78 Å². The van der Waals surface area contributed by atoms with E-state index in [4.69, 9.17) is 4.42 Å². The second-order valence-corrected chi connectivity index (χ2v) is 7.54. The van der Waals surface area contributed by atoms with E-state index in [1.54, 1.807) is 23.5 Å². The van der Waals surface area contributed by atoms with Crippen LogP contribution in [0, 0.1) is 0 Å². The highest BCUT2D eigenvalue weighted by atomic mass is 79.9. The molecule has 0 aliphatic carbocycles. The average Bonchev–Trinajstić information content (AvgIpc) is 3.01. The molecule has 0 spiro atoms. The molecule has 0 saturated carbocycles. The third-order valence-corrected chi connectivity index (χ3v) is 4.80. The van der Waals surface area contributed by atoms with Crippen molar-refractivity contribution in [2.45, 2.75) is 0 Å². The molecule has 0 saturated heterocycles. The van der Waals surface area contributed by atoms with E-state index in [9.17, 15) is 4.79 Å². The maximum atomic E-state index is 12.1. The van der Waals surface area contributed by atoms with Crippen LogP contribution in [0.3, 0.4) is 0 Å². The van der Waals surface area contributed by atoms with Crippen LogP contribution in [-0.2, 0) is 0 Å². The fourth-order valence-corrected chi connectivity index (χ4v) is 3.50. The van der Waals surface area contributed by atoms with Gasteiger partial charge >= 0.3 is 0 Å². The third kappa shape index (κ3) is 2.95. The zero-order valence-electron chi connectivity index (χ0n) is 10.1. The smallest absolute Gasteiger partial charge is 0.221 e. The van der Waals surface area contributed by atoms with E-state index < -0.39 is 0 Å². The first-order chi connectivity index (χ1) is 9.61. The molecule has 20 heavy (non-hydrogen) atoms. The molecule has 0 fully saturated rings. The molecule has 0 radical (unpaired) electrons. The number of benzene rings is 1. The Hall–Kier alpha value is -1.17. The summed E-state index contributed by atoms with van der Waals surface area (Å²) in [6, 6.07) is 11.3. The van der Waals surface area contributed by atoms with Crippen molar-refractivity contribution in [2.24, 2.45) is 0 Å². The monoisotopic (exact) mass is 410 g/mol. The van der Waals surface area contributed by atoms with Crippen molar-refractivity contribution in [3.05, 3.63) is 61.4 Å². The number of carbonyl (C=O) groups is 1. The van der Waals surface area contributed by atoms with Crippen LogP contribution in [0.4, 0.5) is 0 Å². The number of thiophene rings is 1. The highest BCUT2D eigenvalue weighted by Crippen LogP contribution is 2.25. The standard InChI is InChI=1S/C15H8Br2O2S/c16-10-1-5-13-9(7-10)8-14(19-13)12(18)4-2-11-3-6-15(17)20-11/h1-8H/b4-2+. The van der Waals surface area contributed by atoms with Crippen LogP contribution in [0.1, 0.15) is 15.4 Å². The number of furan rings is 1. The molecule has 0 amide bonds. The second-order valence-electron chi connectivity index (χ2n) is 4.13. The predicted octanol–water partition coefficient (Wildman–Crippen LogP) is 5.92. The summed E-state index contributed by atoms with van der Waals surface area (Å²) in [5, 5.41) is 0.912. The van der Waals surface area contributed by atoms with Gasteiger partial charge in [0, 0.05) is 14.7 Å². The molecule has 0 N–H and O–H groups in total. The molecular weight excluding hydrogens is 404 g/mol. The average molecular weight is 412 g/mol. The Labute approximate surface area is 136 Å². The molecule has 3 aromatic rings. The van der Waals surface area contributed by atoms with Crippen molar-refractivity contribution in [3.8, 4) is 0 Å². The Morgan fingerprint density at radius 2 is 2.00 bits per heavy atom. The first-order valence-corrected chi connectivity index (χ1v) is 8.19. The number of hydrogen-bond donors (Lipinski definition) is 0. The Morgan fingerprint density at radius 3 is 2.75 bits per heavy atom. The first kappa shape index (κ1) is 13.8. The van der Waals surface area contributed by atoms with Crippen LogP contribution in [0.5, 0.6) is 0 Å². The lowest BCUT2D eigenvalue weighted by Gasteiger charge is -1.88. The minimum atomic E-state index is -0.137. The van der Waals surface area contributed by atoms with Crippen molar-refractivity contribution >= 4 is 66.0 Å². The summed E-state index contributed by atoms with van der Waals surface area (Å²) in [6.45, 7) is 0. The van der Waals surface area contributed by atoms with Gasteiger partial charge in [0.1, 0.15) is 5.58 Å². The summed E-state index contributed by atoms with van der Waals surface area (Å²) in [6.07, 6.45) is 3.33. The predicted molar refractivity (Wildman–Crippen MR) is 89.3 cm³/mol. The van der Waals surface area contributed by atoms with E-state index in [0.29, 0.717) is 11.3 Å². The summed E-state index contributed by atoms with van der Waals surface area (Å²) < 4.78 is 7.55. The number of carbonyl (C=O) groups excluding carboxylic acids is 1. The van der Waals surface area contributed by atoms with E-state index in [-0.39, 0.29) is 5.78 Å². The molecule has 2 heterocycles. The second kappa shape index (κ2) is 5.68. The highest BCUT2D eigenvalue weighted by molar-refractivity contribution is 9.11. The summed E-state index contributed by atoms with van der Waals surface area (Å²) in [5.74, 6) is 0.215. The fourth-order valence-electron chi connectivity index (χ4n) is 1.79. The van der Waals surface area contributed by atoms with E-state index in [1.807, 2.05) is 30.3 Å². The van der Waals surface area contributed by atoms with Gasteiger partial charge in [0.05, 0.1) is 3.79 Å². The van der Waals surface area contributed by atoms with E-state index >= 15 is 0 Å². The molecule has 0 aliphatic rings. The number of ketones is 1. The van der Waals surface area contributed by atoms with Crippen molar-refractivity contribution in [1.82, 2.24) is 0 Å². The molecular formula is C15H8Br2O2S. The lowest BCUT2D eigenvalue weighted by molar-refractivity contribution is 0.102. The van der Waals surface area contributed by atoms with Gasteiger partial charge in [-0.3, -0.25) is 4.79 Å². The fraction of sp³-hybridized carbons (Fsp3) is 0. The van der Waals surface area contributed by atoms with Crippen LogP contribution in [0.15, 0.2) is 55.2 Å². The van der Waals surface area contributed by atoms with Gasteiger partial charge in [-0.05, 0) is 64.5 Å². The normalized spacial score (nSPS) is 11.5. The lowest BCUT2D eigenvalue weighted by Crippen LogP contribution is -1.89. The largest absolute Gasteiger partial charge is 0.453 e. The van der Waals surface area contributed by atoms with Crippen LogP contribution in [0.25, 0.3) is 17.0 Å². The number of halogens is 2. The summed E-state index contributed by atoms with van der Waals surface area (Å²) in [7, 11) is 0. The maximum absolute atomic E-state index is 12.1. The van der Waals surface area contributed by atoms with Gasteiger partial charge in [-0.15, -0.1) is 11.3 Å². The number of hydrogen-bond acceptors (Lipinski definition) is 3. The maximum Gasteiger partial charge on any atom is 0.221 e. The van der Waals surface area contributed by atoms with Crippen molar-refractivity contribution in [3.63, 3.8) is 0 Å². The summed E-state index contributed by atoms with van der Waals surface area (Å²) in [4.78, 5) is 13.1. The van der Waals surface area contributed by atoms with Gasteiger partial charge in [-0.1, -0.05) is 15.9 Å². The zero-order valence-corrected chi connectivity index (χ0v) is 14.1. The molecule has 1 aromatic carbocycles. The van der Waals surface area contributed by atoms with Gasteiger partial charge in [0.15, 0.2) is 5.76 Å². The lowest BCUT2D eigenvalue weighted by atomic mass is 10.2. The van der Waals surface area contributed by atoms with E-state index in [0.717, 1.165) is 18.5 Å². The minimum Gasteiger partial charge on any atom is -0.453 e. The van der Waals surface area contributed by atoms with Gasteiger partial charge < -0.3 is 4.42 Å². The van der Waals surface area contributed by atoms with Crippen molar-refractivity contribution < 1.29 is 9.21 Å². The SMILES string of the molecule is O=C(/C=C/c1ccc(Br)s1)c1cc2cc(Br)ccc2o1. The molecule has 2 aromatic heterocycles. The Bertz CT molecular complexity index is 814. The van der Waals surface area contributed by atoms with Crippen molar-refractivity contribution in [1.29, 1.82) is 0 Å². The van der Waals surface area contributed by atoms with Gasteiger partial charge in [-0.2, -0.15) is 0 Å². The molecule has 2 nitrogen and oxygen atoms in total. The number of rotatable bonds is 3. The quantitative estimate of drug-likeness (QED) is 0.395. The van der Waals surface area contributed by atoms with Crippen LogP contribution >= 0.6 is 43.2 Å².